The van der Waals surface area contributed by atoms with Crippen molar-refractivity contribution in [3.63, 3.8) is 0 Å². The van der Waals surface area contributed by atoms with Crippen LogP contribution in [0, 0.1) is 34.0 Å². The van der Waals surface area contributed by atoms with E-state index in [0.717, 1.165) is 11.4 Å². The van der Waals surface area contributed by atoms with Gasteiger partial charge in [-0.05, 0) is 53.0 Å². The lowest BCUT2D eigenvalue weighted by Crippen LogP contribution is -1.94. The molecule has 0 spiro atoms. The highest BCUT2D eigenvalue weighted by molar-refractivity contribution is 5.27. The maximum absolute atomic E-state index is 8.48. The van der Waals surface area contributed by atoms with E-state index >= 15 is 0 Å². The van der Waals surface area contributed by atoms with Crippen molar-refractivity contribution >= 4 is 0 Å². The molecule has 0 saturated carbocycles. The van der Waals surface area contributed by atoms with Crippen LogP contribution in [0.5, 0.6) is 0 Å². The molecule has 4 heterocycles. The second-order valence-corrected chi connectivity index (χ2v) is 10.7. The van der Waals surface area contributed by atoms with Crippen LogP contribution in [0.1, 0.15) is 119 Å². The van der Waals surface area contributed by atoms with Gasteiger partial charge in [0.2, 0.25) is 0 Å². The van der Waals surface area contributed by atoms with E-state index in [1.165, 1.54) is 17.3 Å². The Hall–Kier alpha value is -4.94. The molecule has 4 aromatic rings. The van der Waals surface area contributed by atoms with E-state index in [-0.39, 0.29) is 0 Å². The normalized spacial score (nSPS) is 9.86. The minimum absolute atomic E-state index is 0.370. The first-order chi connectivity index (χ1) is 19.9. The molecule has 218 valence electrons. The Bertz CT molecular complexity index is 1300. The largest absolute Gasteiger partial charge is 0.276 e. The summed E-state index contributed by atoms with van der Waals surface area (Å²) in [6.07, 6.45) is 10.5. The van der Waals surface area contributed by atoms with Gasteiger partial charge in [-0.25, -0.2) is 9.97 Å². The fraction of sp³-hybridized carbons (Fsp3) is 0.394. The van der Waals surface area contributed by atoms with E-state index in [1.807, 2.05) is 68.3 Å². The van der Waals surface area contributed by atoms with Gasteiger partial charge >= 0.3 is 0 Å². The number of nitrogens with zero attached hydrogens (tertiary/aromatic N) is 9. The van der Waals surface area contributed by atoms with Crippen molar-refractivity contribution in [1.29, 1.82) is 15.8 Å². The summed E-state index contributed by atoms with van der Waals surface area (Å²) in [6, 6.07) is 13.3. The number of hydrogen-bond acceptors (Lipinski definition) is 8. The van der Waals surface area contributed by atoms with Crippen LogP contribution in [0.2, 0.25) is 0 Å². The van der Waals surface area contributed by atoms with Gasteiger partial charge in [-0.3, -0.25) is 14.6 Å². The molecule has 4 rings (SSSR count). The van der Waals surface area contributed by atoms with Gasteiger partial charge in [-0.2, -0.15) is 20.9 Å². The number of pyridine rings is 2. The first kappa shape index (κ1) is 35.1. The van der Waals surface area contributed by atoms with E-state index in [9.17, 15) is 0 Å². The number of nitriles is 3. The quantitative estimate of drug-likeness (QED) is 0.254. The smallest absolute Gasteiger partial charge is 0.158 e. The molecule has 4 aromatic heterocycles. The summed E-state index contributed by atoms with van der Waals surface area (Å²) in [6.45, 7) is 16.8. The molecule has 0 fully saturated rings. The summed E-state index contributed by atoms with van der Waals surface area (Å²) < 4.78 is 1.83. The van der Waals surface area contributed by atoms with Crippen LogP contribution in [-0.4, -0.2) is 29.7 Å². The Morgan fingerprint density at radius 3 is 1.48 bits per heavy atom. The molecule has 42 heavy (non-hydrogen) atoms. The minimum atomic E-state index is 0.370. The number of aryl methyl sites for hydroxylation is 1. The third kappa shape index (κ3) is 12.9. The first-order valence-corrected chi connectivity index (χ1v) is 13.8. The van der Waals surface area contributed by atoms with Crippen LogP contribution >= 0.6 is 0 Å². The summed E-state index contributed by atoms with van der Waals surface area (Å²) in [5.41, 5.74) is 5.90. The Balaban J connectivity index is 0.000000281. The average molecular weight is 564 g/mol. The van der Waals surface area contributed by atoms with E-state index in [1.54, 1.807) is 30.7 Å². The molecule has 9 heteroatoms. The molecule has 0 atom stereocenters. The fourth-order valence-corrected chi connectivity index (χ4v) is 3.06. The molecule has 0 aliphatic heterocycles. The van der Waals surface area contributed by atoms with Gasteiger partial charge in [0.1, 0.15) is 23.9 Å². The van der Waals surface area contributed by atoms with Gasteiger partial charge in [0.15, 0.2) is 5.69 Å². The first-order valence-electron chi connectivity index (χ1n) is 13.8. The summed E-state index contributed by atoms with van der Waals surface area (Å²) in [4.78, 5) is 16.0. The lowest BCUT2D eigenvalue weighted by molar-refractivity contribution is 0.764. The third-order valence-electron chi connectivity index (χ3n) is 5.84. The van der Waals surface area contributed by atoms with Crippen LogP contribution < -0.4 is 0 Å². The Morgan fingerprint density at radius 1 is 0.548 bits per heavy atom. The number of hydrogen-bond donors (Lipinski definition) is 0. The molecular formula is C33H41N9. The molecule has 0 aromatic carbocycles. The van der Waals surface area contributed by atoms with Gasteiger partial charge in [-0.1, -0.05) is 61.5 Å². The highest BCUT2D eigenvalue weighted by Gasteiger charge is 2.01. The molecule has 0 amide bonds. The standard InChI is InChI=1S/2C9H10N2.C8H9N3.C7H12N2/c1-7(2)8-3-4-9(5-10)11-6-8;1-7(2)9-4-3-8(5-10)6-11-9;1-6(2)8-5-10-7(3-9)4-11-8;1-6(2)7-4-8-9(3)5-7/h2*3-4,6-7H,1-2H3;4-6H,1-2H3;4-6H,1-3H3. The third-order valence-corrected chi connectivity index (χ3v) is 5.84. The molecule has 0 aliphatic rings. The van der Waals surface area contributed by atoms with Crippen molar-refractivity contribution in [2.24, 2.45) is 7.05 Å². The average Bonchev–Trinajstić information content (AvgIpc) is 3.45. The van der Waals surface area contributed by atoms with Crippen LogP contribution in [-0.2, 0) is 7.05 Å². The van der Waals surface area contributed by atoms with Gasteiger partial charge < -0.3 is 0 Å². The van der Waals surface area contributed by atoms with Crippen molar-refractivity contribution in [2.75, 3.05) is 0 Å². The maximum Gasteiger partial charge on any atom is 0.158 e. The highest BCUT2D eigenvalue weighted by atomic mass is 15.2. The minimum Gasteiger partial charge on any atom is -0.276 e. The van der Waals surface area contributed by atoms with Crippen molar-refractivity contribution in [3.05, 3.63) is 101 Å². The monoisotopic (exact) mass is 563 g/mol. The van der Waals surface area contributed by atoms with Crippen LogP contribution in [0.4, 0.5) is 0 Å². The fourth-order valence-electron chi connectivity index (χ4n) is 3.06. The summed E-state index contributed by atoms with van der Waals surface area (Å²) in [7, 11) is 1.94. The number of aromatic nitrogens is 6. The second kappa shape index (κ2) is 18.4. The van der Waals surface area contributed by atoms with Crippen LogP contribution in [0.3, 0.4) is 0 Å². The second-order valence-electron chi connectivity index (χ2n) is 10.7. The molecule has 0 unspecified atom stereocenters. The lowest BCUT2D eigenvalue weighted by Gasteiger charge is -2.02. The van der Waals surface area contributed by atoms with Crippen molar-refractivity contribution < 1.29 is 0 Å². The van der Waals surface area contributed by atoms with Crippen molar-refractivity contribution in [2.45, 2.75) is 79.1 Å². The van der Waals surface area contributed by atoms with Crippen LogP contribution in [0.25, 0.3) is 0 Å². The molecular weight excluding hydrogens is 522 g/mol. The zero-order valence-electron chi connectivity index (χ0n) is 26.1. The molecule has 0 radical (unpaired) electrons. The maximum atomic E-state index is 8.48. The van der Waals surface area contributed by atoms with Gasteiger partial charge in [0.25, 0.3) is 0 Å². The molecule has 9 nitrogen and oxygen atoms in total. The molecule has 0 saturated heterocycles. The van der Waals surface area contributed by atoms with E-state index in [4.69, 9.17) is 15.8 Å². The summed E-state index contributed by atoms with van der Waals surface area (Å²) >= 11 is 0. The van der Waals surface area contributed by atoms with Gasteiger partial charge in [0, 0.05) is 31.3 Å². The summed E-state index contributed by atoms with van der Waals surface area (Å²) in [5.74, 6) is 1.88. The lowest BCUT2D eigenvalue weighted by atomic mass is 10.1. The zero-order valence-corrected chi connectivity index (χ0v) is 26.1. The van der Waals surface area contributed by atoms with Gasteiger partial charge in [-0.15, -0.1) is 0 Å². The SMILES string of the molecule is CC(C)c1ccc(C#N)cn1.CC(C)c1ccc(C#N)nc1.CC(C)c1cnc(C#N)cn1.CC(C)c1cnn(C)c1. The molecule has 0 aliphatic carbocycles. The van der Waals surface area contributed by atoms with E-state index in [2.05, 4.69) is 66.6 Å². The Labute approximate surface area is 250 Å². The predicted molar refractivity (Wildman–Crippen MR) is 164 cm³/mol. The summed E-state index contributed by atoms with van der Waals surface area (Å²) in [5, 5.41) is 29.4. The molecule has 0 bridgehead atoms. The zero-order chi connectivity index (χ0) is 31.7. The van der Waals surface area contributed by atoms with Crippen LogP contribution in [0.15, 0.2) is 61.4 Å². The number of rotatable bonds is 4. The Kier molecular flexibility index (Phi) is 15.4. The van der Waals surface area contributed by atoms with Crippen molar-refractivity contribution in [3.8, 4) is 18.2 Å². The topological polar surface area (TPSA) is 141 Å². The van der Waals surface area contributed by atoms with Gasteiger partial charge in [0.05, 0.1) is 29.8 Å². The predicted octanol–water partition coefficient (Wildman–Crippen LogP) is 7.17. The molecule has 0 N–H and O–H groups in total. The highest BCUT2D eigenvalue weighted by Crippen LogP contribution is 2.13. The van der Waals surface area contributed by atoms with E-state index < -0.39 is 0 Å². The Morgan fingerprint density at radius 2 is 1.14 bits per heavy atom. The van der Waals surface area contributed by atoms with E-state index in [0.29, 0.717) is 40.6 Å². The van der Waals surface area contributed by atoms with Crippen molar-refractivity contribution in [1.82, 2.24) is 29.7 Å².